The lowest BCUT2D eigenvalue weighted by Crippen LogP contribution is -2.29. The average Bonchev–Trinajstić information content (AvgIpc) is 2.62. The number of piperidine rings is 1. The molecular formula is C13H24N4. The molecule has 1 fully saturated rings. The van der Waals surface area contributed by atoms with Crippen molar-refractivity contribution < 1.29 is 0 Å². The van der Waals surface area contributed by atoms with Crippen LogP contribution in [0.4, 0.5) is 0 Å². The summed E-state index contributed by atoms with van der Waals surface area (Å²) in [6.45, 7) is 9.89. The molecule has 17 heavy (non-hydrogen) atoms. The molecule has 0 aliphatic carbocycles. The maximum atomic E-state index is 4.36. The van der Waals surface area contributed by atoms with Crippen molar-refractivity contribution in [1.29, 1.82) is 0 Å². The molecule has 0 bridgehead atoms. The first-order valence-corrected chi connectivity index (χ1v) is 6.76. The van der Waals surface area contributed by atoms with Crippen molar-refractivity contribution in [2.45, 2.75) is 46.6 Å². The summed E-state index contributed by atoms with van der Waals surface area (Å²) >= 11 is 0. The van der Waals surface area contributed by atoms with Gasteiger partial charge in [-0.2, -0.15) is 0 Å². The minimum Gasteiger partial charge on any atom is -0.317 e. The van der Waals surface area contributed by atoms with Crippen LogP contribution in [0.1, 0.15) is 38.3 Å². The normalized spacial score (nSPS) is 17.9. The molecule has 0 spiro atoms. The highest BCUT2D eigenvalue weighted by atomic mass is 15.3. The SMILES string of the molecule is Cc1nnc(CC2CCNCC2)n1CC(C)C. The van der Waals surface area contributed by atoms with Crippen molar-refractivity contribution in [2.24, 2.45) is 11.8 Å². The third kappa shape index (κ3) is 3.28. The zero-order valence-corrected chi connectivity index (χ0v) is 11.2. The van der Waals surface area contributed by atoms with Gasteiger partial charge in [0.25, 0.3) is 0 Å². The maximum Gasteiger partial charge on any atom is 0.133 e. The van der Waals surface area contributed by atoms with E-state index in [1.54, 1.807) is 0 Å². The molecule has 96 valence electrons. The first-order chi connectivity index (χ1) is 8.16. The van der Waals surface area contributed by atoms with E-state index in [9.17, 15) is 0 Å². The number of aryl methyl sites for hydroxylation is 1. The van der Waals surface area contributed by atoms with Crippen LogP contribution in [-0.4, -0.2) is 27.9 Å². The van der Waals surface area contributed by atoms with Gasteiger partial charge in [0.1, 0.15) is 11.6 Å². The molecule has 0 saturated carbocycles. The minimum absolute atomic E-state index is 0.650. The molecule has 1 aliphatic rings. The fraction of sp³-hybridized carbons (Fsp3) is 0.846. The van der Waals surface area contributed by atoms with Crippen molar-refractivity contribution in [2.75, 3.05) is 13.1 Å². The monoisotopic (exact) mass is 236 g/mol. The van der Waals surface area contributed by atoms with Crippen LogP contribution in [0, 0.1) is 18.8 Å². The Morgan fingerprint density at radius 2 is 2.00 bits per heavy atom. The van der Waals surface area contributed by atoms with Crippen LogP contribution < -0.4 is 5.32 Å². The van der Waals surface area contributed by atoms with Gasteiger partial charge in [0.05, 0.1) is 0 Å². The summed E-state index contributed by atoms with van der Waals surface area (Å²) < 4.78 is 2.30. The summed E-state index contributed by atoms with van der Waals surface area (Å²) in [5, 5.41) is 12.0. The smallest absolute Gasteiger partial charge is 0.133 e. The van der Waals surface area contributed by atoms with E-state index in [0.717, 1.165) is 37.8 Å². The van der Waals surface area contributed by atoms with E-state index in [-0.39, 0.29) is 0 Å². The molecule has 1 aromatic heterocycles. The zero-order chi connectivity index (χ0) is 12.3. The summed E-state index contributed by atoms with van der Waals surface area (Å²) in [7, 11) is 0. The largest absolute Gasteiger partial charge is 0.317 e. The number of rotatable bonds is 4. The highest BCUT2D eigenvalue weighted by molar-refractivity contribution is 4.96. The van der Waals surface area contributed by atoms with E-state index in [0.29, 0.717) is 5.92 Å². The standard InChI is InChI=1S/C13H24N4/c1-10(2)9-17-11(3)15-16-13(17)8-12-4-6-14-7-5-12/h10,12,14H,4-9H2,1-3H3. The van der Waals surface area contributed by atoms with Crippen molar-refractivity contribution >= 4 is 0 Å². The molecule has 1 aliphatic heterocycles. The second-order valence-electron chi connectivity index (χ2n) is 5.57. The number of nitrogens with zero attached hydrogens (tertiary/aromatic N) is 3. The van der Waals surface area contributed by atoms with Crippen LogP contribution in [-0.2, 0) is 13.0 Å². The summed E-state index contributed by atoms with van der Waals surface area (Å²) in [6, 6.07) is 0. The third-order valence-electron chi connectivity index (χ3n) is 3.49. The van der Waals surface area contributed by atoms with Gasteiger partial charge in [-0.1, -0.05) is 13.8 Å². The van der Waals surface area contributed by atoms with Crippen LogP contribution in [0.25, 0.3) is 0 Å². The first kappa shape index (κ1) is 12.6. The van der Waals surface area contributed by atoms with Gasteiger partial charge < -0.3 is 9.88 Å². The second kappa shape index (κ2) is 5.63. The van der Waals surface area contributed by atoms with E-state index in [2.05, 4.69) is 40.9 Å². The quantitative estimate of drug-likeness (QED) is 0.866. The lowest BCUT2D eigenvalue weighted by atomic mass is 9.94. The predicted molar refractivity (Wildman–Crippen MR) is 68.9 cm³/mol. The van der Waals surface area contributed by atoms with E-state index in [1.165, 1.54) is 18.7 Å². The Bertz CT molecular complexity index is 350. The Morgan fingerprint density at radius 3 is 2.65 bits per heavy atom. The molecule has 0 aromatic carbocycles. The zero-order valence-electron chi connectivity index (χ0n) is 11.2. The molecule has 0 atom stereocenters. The Balaban J connectivity index is 2.04. The molecule has 0 radical (unpaired) electrons. The summed E-state index contributed by atoms with van der Waals surface area (Å²) in [6.07, 6.45) is 3.64. The summed E-state index contributed by atoms with van der Waals surface area (Å²) in [5.74, 6) is 3.67. The van der Waals surface area contributed by atoms with Crippen LogP contribution in [0.15, 0.2) is 0 Å². The molecule has 1 N–H and O–H groups in total. The highest BCUT2D eigenvalue weighted by Crippen LogP contribution is 2.18. The molecule has 2 rings (SSSR count). The maximum absolute atomic E-state index is 4.36. The van der Waals surface area contributed by atoms with Gasteiger partial charge in [-0.15, -0.1) is 10.2 Å². The Kier molecular flexibility index (Phi) is 4.15. The minimum atomic E-state index is 0.650. The molecule has 0 amide bonds. The van der Waals surface area contributed by atoms with Crippen molar-refractivity contribution in [3.05, 3.63) is 11.6 Å². The fourth-order valence-corrected chi connectivity index (χ4v) is 2.52. The van der Waals surface area contributed by atoms with Gasteiger partial charge in [-0.05, 0) is 44.7 Å². The van der Waals surface area contributed by atoms with Crippen molar-refractivity contribution in [3.8, 4) is 0 Å². The highest BCUT2D eigenvalue weighted by Gasteiger charge is 2.18. The number of hydrogen-bond donors (Lipinski definition) is 1. The number of aromatic nitrogens is 3. The predicted octanol–water partition coefficient (Wildman–Crippen LogP) is 1.78. The van der Waals surface area contributed by atoms with Crippen molar-refractivity contribution in [3.63, 3.8) is 0 Å². The first-order valence-electron chi connectivity index (χ1n) is 6.76. The second-order valence-corrected chi connectivity index (χ2v) is 5.57. The number of nitrogens with one attached hydrogen (secondary N) is 1. The fourth-order valence-electron chi connectivity index (χ4n) is 2.52. The molecule has 4 heteroatoms. The van der Waals surface area contributed by atoms with Gasteiger partial charge in [0.2, 0.25) is 0 Å². The van der Waals surface area contributed by atoms with Crippen LogP contribution in [0.5, 0.6) is 0 Å². The summed E-state index contributed by atoms with van der Waals surface area (Å²) in [5.41, 5.74) is 0. The topological polar surface area (TPSA) is 42.7 Å². The average molecular weight is 236 g/mol. The van der Waals surface area contributed by atoms with Crippen LogP contribution in [0.3, 0.4) is 0 Å². The van der Waals surface area contributed by atoms with Gasteiger partial charge >= 0.3 is 0 Å². The molecule has 2 heterocycles. The summed E-state index contributed by atoms with van der Waals surface area (Å²) in [4.78, 5) is 0. The Morgan fingerprint density at radius 1 is 1.29 bits per heavy atom. The van der Waals surface area contributed by atoms with E-state index >= 15 is 0 Å². The van der Waals surface area contributed by atoms with E-state index in [4.69, 9.17) is 0 Å². The lowest BCUT2D eigenvalue weighted by molar-refractivity contribution is 0.359. The van der Waals surface area contributed by atoms with E-state index < -0.39 is 0 Å². The number of hydrogen-bond acceptors (Lipinski definition) is 3. The molecule has 0 unspecified atom stereocenters. The van der Waals surface area contributed by atoms with Gasteiger partial charge in [-0.3, -0.25) is 0 Å². The van der Waals surface area contributed by atoms with Crippen molar-refractivity contribution in [1.82, 2.24) is 20.1 Å². The van der Waals surface area contributed by atoms with Gasteiger partial charge in [-0.25, -0.2) is 0 Å². The molecule has 4 nitrogen and oxygen atoms in total. The van der Waals surface area contributed by atoms with Crippen LogP contribution >= 0.6 is 0 Å². The van der Waals surface area contributed by atoms with Gasteiger partial charge in [0.15, 0.2) is 0 Å². The molecule has 1 aromatic rings. The Hall–Kier alpha value is -0.900. The molecular weight excluding hydrogens is 212 g/mol. The van der Waals surface area contributed by atoms with Gasteiger partial charge in [0, 0.05) is 13.0 Å². The lowest BCUT2D eigenvalue weighted by Gasteiger charge is -2.22. The third-order valence-corrected chi connectivity index (χ3v) is 3.49. The Labute approximate surface area is 104 Å². The molecule has 1 saturated heterocycles. The van der Waals surface area contributed by atoms with E-state index in [1.807, 2.05) is 0 Å². The van der Waals surface area contributed by atoms with Crippen LogP contribution in [0.2, 0.25) is 0 Å².